The van der Waals surface area contributed by atoms with Crippen molar-refractivity contribution in [2.45, 2.75) is 30.8 Å². The first kappa shape index (κ1) is 14.4. The molecule has 0 aromatic heterocycles. The standard InChI is InChI=1S/C13H18FNO3S/c1-10(16)11-3-2-8-15(9-11)19(17,18)13-6-4-12(14)5-7-13/h4-7,10-11,16H,2-3,8-9H2,1H3. The molecular formula is C13H18FNO3S. The van der Waals surface area contributed by atoms with Crippen LogP contribution in [0.2, 0.25) is 0 Å². The van der Waals surface area contributed by atoms with Crippen LogP contribution in [0.4, 0.5) is 4.39 Å². The highest BCUT2D eigenvalue weighted by Gasteiger charge is 2.31. The van der Waals surface area contributed by atoms with Crippen molar-refractivity contribution in [2.75, 3.05) is 13.1 Å². The van der Waals surface area contributed by atoms with Crippen LogP contribution < -0.4 is 0 Å². The Bertz CT molecular complexity index is 527. The molecule has 1 aliphatic heterocycles. The van der Waals surface area contributed by atoms with E-state index in [1.807, 2.05) is 0 Å². The van der Waals surface area contributed by atoms with Gasteiger partial charge in [0.15, 0.2) is 0 Å². The summed E-state index contributed by atoms with van der Waals surface area (Å²) in [7, 11) is -3.59. The van der Waals surface area contributed by atoms with Crippen LogP contribution in [-0.4, -0.2) is 37.0 Å². The molecule has 2 unspecified atom stereocenters. The molecule has 1 aromatic carbocycles. The lowest BCUT2D eigenvalue weighted by Gasteiger charge is -2.33. The molecular weight excluding hydrogens is 269 g/mol. The fourth-order valence-corrected chi connectivity index (χ4v) is 3.88. The highest BCUT2D eigenvalue weighted by Crippen LogP contribution is 2.25. The number of nitrogens with zero attached hydrogens (tertiary/aromatic N) is 1. The average molecular weight is 287 g/mol. The number of halogens is 1. The first-order chi connectivity index (χ1) is 8.91. The van der Waals surface area contributed by atoms with Gasteiger partial charge in [0.1, 0.15) is 5.82 Å². The van der Waals surface area contributed by atoms with Gasteiger partial charge in [-0.15, -0.1) is 0 Å². The second-order valence-corrected chi connectivity index (χ2v) is 6.90. The Kier molecular flexibility index (Phi) is 4.23. The average Bonchev–Trinajstić information content (AvgIpc) is 2.39. The Morgan fingerprint density at radius 1 is 1.37 bits per heavy atom. The van der Waals surface area contributed by atoms with Crippen molar-refractivity contribution < 1.29 is 17.9 Å². The van der Waals surface area contributed by atoms with Gasteiger partial charge in [-0.25, -0.2) is 12.8 Å². The van der Waals surface area contributed by atoms with Crippen LogP contribution in [0.25, 0.3) is 0 Å². The van der Waals surface area contributed by atoms with Gasteiger partial charge in [-0.3, -0.25) is 0 Å². The summed E-state index contributed by atoms with van der Waals surface area (Å²) >= 11 is 0. The third-order valence-corrected chi connectivity index (χ3v) is 5.43. The molecule has 1 saturated heterocycles. The lowest BCUT2D eigenvalue weighted by atomic mass is 9.95. The molecule has 1 fully saturated rings. The van der Waals surface area contributed by atoms with Gasteiger partial charge in [-0.05, 0) is 49.9 Å². The fourth-order valence-electron chi connectivity index (χ4n) is 2.34. The van der Waals surface area contributed by atoms with Crippen LogP contribution in [0.1, 0.15) is 19.8 Å². The van der Waals surface area contributed by atoms with Gasteiger partial charge in [0.05, 0.1) is 11.0 Å². The Balaban J connectivity index is 2.22. The maximum Gasteiger partial charge on any atom is 0.243 e. The van der Waals surface area contributed by atoms with E-state index in [1.54, 1.807) is 6.92 Å². The van der Waals surface area contributed by atoms with Crippen LogP contribution in [0.5, 0.6) is 0 Å². The summed E-state index contributed by atoms with van der Waals surface area (Å²) in [5, 5.41) is 9.60. The van der Waals surface area contributed by atoms with E-state index in [2.05, 4.69) is 0 Å². The highest BCUT2D eigenvalue weighted by molar-refractivity contribution is 7.89. The number of aliphatic hydroxyl groups is 1. The van der Waals surface area contributed by atoms with Crippen LogP contribution in [0.3, 0.4) is 0 Å². The minimum Gasteiger partial charge on any atom is -0.393 e. The Morgan fingerprint density at radius 2 is 2.00 bits per heavy atom. The number of sulfonamides is 1. The summed E-state index contributed by atoms with van der Waals surface area (Å²) in [4.78, 5) is 0.0974. The van der Waals surface area contributed by atoms with E-state index in [4.69, 9.17) is 0 Å². The van der Waals surface area contributed by atoms with Crippen molar-refractivity contribution in [3.05, 3.63) is 30.1 Å². The van der Waals surface area contributed by atoms with Crippen LogP contribution >= 0.6 is 0 Å². The van der Waals surface area contributed by atoms with E-state index in [1.165, 1.54) is 16.4 Å². The molecule has 1 aliphatic rings. The van der Waals surface area contributed by atoms with Crippen molar-refractivity contribution in [1.29, 1.82) is 0 Å². The second kappa shape index (κ2) is 5.56. The van der Waals surface area contributed by atoms with Crippen LogP contribution in [-0.2, 0) is 10.0 Å². The number of piperidine rings is 1. The van der Waals surface area contributed by atoms with Gasteiger partial charge in [0.25, 0.3) is 0 Å². The smallest absolute Gasteiger partial charge is 0.243 e. The topological polar surface area (TPSA) is 57.6 Å². The molecule has 0 aliphatic carbocycles. The molecule has 0 spiro atoms. The van der Waals surface area contributed by atoms with E-state index in [0.29, 0.717) is 13.1 Å². The molecule has 2 atom stereocenters. The quantitative estimate of drug-likeness (QED) is 0.919. The number of rotatable bonds is 3. The summed E-state index contributed by atoms with van der Waals surface area (Å²) < 4.78 is 39.0. The van der Waals surface area contributed by atoms with Crippen molar-refractivity contribution in [3.63, 3.8) is 0 Å². The minimum absolute atomic E-state index is 0.0380. The van der Waals surface area contributed by atoms with E-state index < -0.39 is 21.9 Å². The Hall–Kier alpha value is -0.980. The minimum atomic E-state index is -3.59. The van der Waals surface area contributed by atoms with E-state index in [-0.39, 0.29) is 10.8 Å². The molecule has 0 saturated carbocycles. The predicted molar refractivity (Wildman–Crippen MR) is 69.6 cm³/mol. The van der Waals surface area contributed by atoms with Crippen molar-refractivity contribution in [1.82, 2.24) is 4.31 Å². The maximum absolute atomic E-state index is 12.8. The summed E-state index contributed by atoms with van der Waals surface area (Å²) in [5.41, 5.74) is 0. The van der Waals surface area contributed by atoms with Gasteiger partial charge in [0.2, 0.25) is 10.0 Å². The number of benzene rings is 1. The molecule has 1 aromatic rings. The Morgan fingerprint density at radius 3 is 2.58 bits per heavy atom. The first-order valence-corrected chi connectivity index (χ1v) is 7.79. The summed E-state index contributed by atoms with van der Waals surface area (Å²) in [6, 6.07) is 4.83. The van der Waals surface area contributed by atoms with Crippen molar-refractivity contribution in [3.8, 4) is 0 Å². The zero-order valence-electron chi connectivity index (χ0n) is 10.8. The monoisotopic (exact) mass is 287 g/mol. The van der Waals surface area contributed by atoms with Crippen molar-refractivity contribution in [2.24, 2.45) is 5.92 Å². The maximum atomic E-state index is 12.8. The molecule has 19 heavy (non-hydrogen) atoms. The molecule has 0 amide bonds. The van der Waals surface area contributed by atoms with Crippen molar-refractivity contribution >= 4 is 10.0 Å². The van der Waals surface area contributed by atoms with Gasteiger partial charge < -0.3 is 5.11 Å². The SMILES string of the molecule is CC(O)C1CCCN(S(=O)(=O)c2ccc(F)cc2)C1. The fraction of sp³-hybridized carbons (Fsp3) is 0.538. The summed E-state index contributed by atoms with van der Waals surface area (Å²) in [6.45, 7) is 2.44. The first-order valence-electron chi connectivity index (χ1n) is 6.35. The molecule has 0 bridgehead atoms. The summed E-state index contributed by atoms with van der Waals surface area (Å²) in [6.07, 6.45) is 1.04. The molecule has 1 N–H and O–H groups in total. The zero-order valence-corrected chi connectivity index (χ0v) is 11.6. The van der Waals surface area contributed by atoms with Gasteiger partial charge in [0, 0.05) is 13.1 Å². The van der Waals surface area contributed by atoms with Gasteiger partial charge in [-0.2, -0.15) is 4.31 Å². The molecule has 6 heteroatoms. The largest absolute Gasteiger partial charge is 0.393 e. The highest BCUT2D eigenvalue weighted by atomic mass is 32.2. The van der Waals surface area contributed by atoms with E-state index in [9.17, 15) is 17.9 Å². The zero-order chi connectivity index (χ0) is 14.0. The second-order valence-electron chi connectivity index (χ2n) is 4.96. The lowest BCUT2D eigenvalue weighted by molar-refractivity contribution is 0.0885. The molecule has 0 radical (unpaired) electrons. The number of aliphatic hydroxyl groups excluding tert-OH is 1. The molecule has 4 nitrogen and oxygen atoms in total. The van der Waals surface area contributed by atoms with E-state index in [0.717, 1.165) is 25.0 Å². The summed E-state index contributed by atoms with van der Waals surface area (Å²) in [5.74, 6) is -0.497. The van der Waals surface area contributed by atoms with Crippen LogP contribution in [0.15, 0.2) is 29.2 Å². The number of hydrogen-bond acceptors (Lipinski definition) is 3. The van der Waals surface area contributed by atoms with Gasteiger partial charge in [-0.1, -0.05) is 0 Å². The molecule has 1 heterocycles. The molecule has 2 rings (SSSR count). The van der Waals surface area contributed by atoms with E-state index >= 15 is 0 Å². The predicted octanol–water partition coefficient (Wildman–Crippen LogP) is 1.61. The number of hydrogen-bond donors (Lipinski definition) is 1. The lowest BCUT2D eigenvalue weighted by Crippen LogP contribution is -2.42. The van der Waals surface area contributed by atoms with Gasteiger partial charge >= 0.3 is 0 Å². The third kappa shape index (κ3) is 3.13. The molecule has 106 valence electrons. The third-order valence-electron chi connectivity index (χ3n) is 3.55. The Labute approximate surface area is 112 Å². The normalized spacial score (nSPS) is 23.2. The van der Waals surface area contributed by atoms with Crippen LogP contribution in [0, 0.1) is 11.7 Å².